The molecule has 1 heterocycles. The Bertz CT molecular complexity index is 271. The Labute approximate surface area is 86.3 Å². The average Bonchev–Trinajstić information content (AvgIpc) is 2.16. The summed E-state index contributed by atoms with van der Waals surface area (Å²) in [4.78, 5) is 4.34. The van der Waals surface area contributed by atoms with E-state index < -0.39 is 0 Å². The fourth-order valence-corrected chi connectivity index (χ4v) is 1.32. The van der Waals surface area contributed by atoms with Gasteiger partial charge in [-0.2, -0.15) is 0 Å². The first kappa shape index (κ1) is 11.0. The summed E-state index contributed by atoms with van der Waals surface area (Å²) < 4.78 is 5.68. The van der Waals surface area contributed by atoms with Crippen LogP contribution in [0.1, 0.15) is 39.3 Å². The van der Waals surface area contributed by atoms with Crippen LogP contribution in [0.5, 0.6) is 5.75 Å². The standard InChI is InChI=1S/C12H19NO/c1-4-5-7-11-12(14-10(2)3)8-6-9-13-11/h6,8-10H,4-5,7H2,1-3H3. The summed E-state index contributed by atoms with van der Waals surface area (Å²) in [7, 11) is 0. The molecule has 0 aliphatic carbocycles. The largest absolute Gasteiger partial charge is 0.489 e. The van der Waals surface area contributed by atoms with Crippen molar-refractivity contribution >= 4 is 0 Å². The number of nitrogens with zero attached hydrogens (tertiary/aromatic N) is 1. The molecule has 14 heavy (non-hydrogen) atoms. The van der Waals surface area contributed by atoms with Crippen molar-refractivity contribution in [3.8, 4) is 5.75 Å². The van der Waals surface area contributed by atoms with Gasteiger partial charge in [-0.05, 0) is 38.8 Å². The molecule has 0 N–H and O–H groups in total. The molecule has 0 bridgehead atoms. The van der Waals surface area contributed by atoms with Crippen molar-refractivity contribution in [1.29, 1.82) is 0 Å². The summed E-state index contributed by atoms with van der Waals surface area (Å²) in [6.45, 7) is 6.26. The highest BCUT2D eigenvalue weighted by Crippen LogP contribution is 2.18. The van der Waals surface area contributed by atoms with Crippen LogP contribution in [0.25, 0.3) is 0 Å². The second kappa shape index (κ2) is 5.63. The average molecular weight is 193 g/mol. The lowest BCUT2D eigenvalue weighted by atomic mass is 10.2. The fourth-order valence-electron chi connectivity index (χ4n) is 1.32. The minimum absolute atomic E-state index is 0.222. The maximum atomic E-state index is 5.68. The Morgan fingerprint density at radius 3 is 2.86 bits per heavy atom. The second-order valence-corrected chi connectivity index (χ2v) is 3.72. The topological polar surface area (TPSA) is 22.1 Å². The van der Waals surface area contributed by atoms with E-state index in [4.69, 9.17) is 4.74 Å². The van der Waals surface area contributed by atoms with Gasteiger partial charge in [-0.15, -0.1) is 0 Å². The first-order chi connectivity index (χ1) is 6.74. The van der Waals surface area contributed by atoms with Crippen LogP contribution in [0.3, 0.4) is 0 Å². The van der Waals surface area contributed by atoms with Gasteiger partial charge in [0.25, 0.3) is 0 Å². The molecule has 0 radical (unpaired) electrons. The Hall–Kier alpha value is -1.05. The first-order valence-corrected chi connectivity index (χ1v) is 5.34. The van der Waals surface area contributed by atoms with Crippen molar-refractivity contribution < 1.29 is 4.74 Å². The fraction of sp³-hybridized carbons (Fsp3) is 0.583. The highest BCUT2D eigenvalue weighted by molar-refractivity contribution is 5.27. The van der Waals surface area contributed by atoms with E-state index in [1.54, 1.807) is 0 Å². The summed E-state index contributed by atoms with van der Waals surface area (Å²) in [5.41, 5.74) is 1.09. The zero-order valence-electron chi connectivity index (χ0n) is 9.29. The van der Waals surface area contributed by atoms with Crippen LogP contribution in [-0.4, -0.2) is 11.1 Å². The van der Waals surface area contributed by atoms with Crippen molar-refractivity contribution in [1.82, 2.24) is 4.98 Å². The maximum absolute atomic E-state index is 5.68. The van der Waals surface area contributed by atoms with Crippen molar-refractivity contribution in [3.05, 3.63) is 24.0 Å². The van der Waals surface area contributed by atoms with Gasteiger partial charge in [0.2, 0.25) is 0 Å². The molecule has 0 aliphatic heterocycles. The molecule has 0 saturated carbocycles. The third-order valence-electron chi connectivity index (χ3n) is 1.98. The molecule has 78 valence electrons. The molecule has 0 amide bonds. The normalized spacial score (nSPS) is 10.6. The minimum Gasteiger partial charge on any atom is -0.489 e. The summed E-state index contributed by atoms with van der Waals surface area (Å²) in [6, 6.07) is 3.92. The zero-order valence-corrected chi connectivity index (χ0v) is 9.29. The van der Waals surface area contributed by atoms with Crippen LogP contribution in [0.4, 0.5) is 0 Å². The van der Waals surface area contributed by atoms with Gasteiger partial charge in [-0.25, -0.2) is 0 Å². The van der Waals surface area contributed by atoms with Gasteiger partial charge in [0.15, 0.2) is 0 Å². The van der Waals surface area contributed by atoms with Gasteiger partial charge in [-0.1, -0.05) is 13.3 Å². The van der Waals surface area contributed by atoms with Gasteiger partial charge in [0.1, 0.15) is 5.75 Å². The molecule has 2 nitrogen and oxygen atoms in total. The van der Waals surface area contributed by atoms with E-state index >= 15 is 0 Å². The molecular weight excluding hydrogens is 174 g/mol. The lowest BCUT2D eigenvalue weighted by Crippen LogP contribution is -2.08. The quantitative estimate of drug-likeness (QED) is 0.716. The first-order valence-electron chi connectivity index (χ1n) is 5.34. The highest BCUT2D eigenvalue weighted by Gasteiger charge is 2.05. The SMILES string of the molecule is CCCCc1ncccc1OC(C)C. The van der Waals surface area contributed by atoms with E-state index in [1.165, 1.54) is 12.8 Å². The molecule has 0 spiro atoms. The molecule has 0 aromatic carbocycles. The molecule has 0 atom stereocenters. The summed E-state index contributed by atoms with van der Waals surface area (Å²) in [6.07, 6.45) is 5.43. The Balaban J connectivity index is 2.69. The molecule has 1 rings (SSSR count). The molecule has 0 saturated heterocycles. The van der Waals surface area contributed by atoms with E-state index in [0.717, 1.165) is 17.9 Å². The van der Waals surface area contributed by atoms with Gasteiger partial charge >= 0.3 is 0 Å². The molecule has 2 heteroatoms. The monoisotopic (exact) mass is 193 g/mol. The Kier molecular flexibility index (Phi) is 4.44. The van der Waals surface area contributed by atoms with Crippen LogP contribution < -0.4 is 4.74 Å². The molecule has 1 aromatic rings. The van der Waals surface area contributed by atoms with Crippen molar-refractivity contribution in [3.63, 3.8) is 0 Å². The predicted molar refractivity (Wildman–Crippen MR) is 58.6 cm³/mol. The summed E-state index contributed by atoms with van der Waals surface area (Å²) >= 11 is 0. The number of aryl methyl sites for hydroxylation is 1. The Morgan fingerprint density at radius 1 is 1.43 bits per heavy atom. The number of unbranched alkanes of at least 4 members (excludes halogenated alkanes) is 1. The van der Waals surface area contributed by atoms with Crippen LogP contribution in [0.2, 0.25) is 0 Å². The molecule has 0 unspecified atom stereocenters. The van der Waals surface area contributed by atoms with Crippen molar-refractivity contribution in [2.75, 3.05) is 0 Å². The van der Waals surface area contributed by atoms with Crippen LogP contribution in [0.15, 0.2) is 18.3 Å². The van der Waals surface area contributed by atoms with Gasteiger partial charge < -0.3 is 4.74 Å². The number of hydrogen-bond acceptors (Lipinski definition) is 2. The van der Waals surface area contributed by atoms with E-state index in [0.29, 0.717) is 0 Å². The third-order valence-corrected chi connectivity index (χ3v) is 1.98. The van der Waals surface area contributed by atoms with Gasteiger partial charge in [0, 0.05) is 6.20 Å². The summed E-state index contributed by atoms with van der Waals surface area (Å²) in [5.74, 6) is 0.941. The number of rotatable bonds is 5. The minimum atomic E-state index is 0.222. The van der Waals surface area contributed by atoms with E-state index in [9.17, 15) is 0 Å². The number of hydrogen-bond donors (Lipinski definition) is 0. The molecule has 1 aromatic heterocycles. The Morgan fingerprint density at radius 2 is 2.21 bits per heavy atom. The summed E-state index contributed by atoms with van der Waals surface area (Å²) in [5, 5.41) is 0. The number of pyridine rings is 1. The third kappa shape index (κ3) is 3.36. The van der Waals surface area contributed by atoms with Gasteiger partial charge in [-0.3, -0.25) is 4.98 Å². The van der Waals surface area contributed by atoms with Crippen molar-refractivity contribution in [2.45, 2.75) is 46.1 Å². The van der Waals surface area contributed by atoms with Gasteiger partial charge in [0.05, 0.1) is 11.8 Å². The van der Waals surface area contributed by atoms with E-state index in [-0.39, 0.29) is 6.10 Å². The lowest BCUT2D eigenvalue weighted by molar-refractivity contribution is 0.238. The highest BCUT2D eigenvalue weighted by atomic mass is 16.5. The smallest absolute Gasteiger partial charge is 0.141 e. The van der Waals surface area contributed by atoms with Crippen LogP contribution >= 0.6 is 0 Å². The van der Waals surface area contributed by atoms with Crippen LogP contribution in [-0.2, 0) is 6.42 Å². The number of ether oxygens (including phenoxy) is 1. The van der Waals surface area contributed by atoms with E-state index in [1.807, 2.05) is 32.2 Å². The second-order valence-electron chi connectivity index (χ2n) is 3.72. The van der Waals surface area contributed by atoms with Crippen LogP contribution in [0, 0.1) is 0 Å². The predicted octanol–water partition coefficient (Wildman–Crippen LogP) is 3.21. The zero-order chi connectivity index (χ0) is 10.4. The lowest BCUT2D eigenvalue weighted by Gasteiger charge is -2.12. The van der Waals surface area contributed by atoms with E-state index in [2.05, 4.69) is 11.9 Å². The number of aromatic nitrogens is 1. The molecule has 0 aliphatic rings. The maximum Gasteiger partial charge on any atom is 0.141 e. The molecular formula is C12H19NO. The van der Waals surface area contributed by atoms with Crippen molar-refractivity contribution in [2.24, 2.45) is 0 Å². The molecule has 0 fully saturated rings.